The number of nitrogens with one attached hydrogen (secondary N) is 1. The number of aryl methyl sites for hydroxylation is 1. The summed E-state index contributed by atoms with van der Waals surface area (Å²) in [7, 11) is 0. The fraction of sp³-hybridized carbons (Fsp3) is 0.304. The molecule has 5 nitrogen and oxygen atoms in total. The Kier molecular flexibility index (Phi) is 5.60. The highest BCUT2D eigenvalue weighted by Crippen LogP contribution is 2.28. The van der Waals surface area contributed by atoms with Gasteiger partial charge in [-0.25, -0.2) is 4.39 Å². The molecule has 0 saturated carbocycles. The van der Waals surface area contributed by atoms with Crippen molar-refractivity contribution in [3.05, 3.63) is 71.7 Å². The number of phenols is 1. The van der Waals surface area contributed by atoms with Gasteiger partial charge in [0, 0.05) is 18.7 Å². The normalized spacial score (nSPS) is 16.7. The minimum Gasteiger partial charge on any atom is -0.507 e. The van der Waals surface area contributed by atoms with Crippen LogP contribution in [-0.4, -0.2) is 39.2 Å². The second-order valence-electron chi connectivity index (χ2n) is 7.57. The van der Waals surface area contributed by atoms with Crippen LogP contribution >= 0.6 is 0 Å². The summed E-state index contributed by atoms with van der Waals surface area (Å²) in [5.74, 6) is 0.234. The smallest absolute Gasteiger partial charge is 0.271 e. The van der Waals surface area contributed by atoms with Gasteiger partial charge in [0.05, 0.1) is 5.69 Å². The van der Waals surface area contributed by atoms with E-state index >= 15 is 0 Å². The van der Waals surface area contributed by atoms with E-state index in [1.54, 1.807) is 30.3 Å². The van der Waals surface area contributed by atoms with Crippen molar-refractivity contribution < 1.29 is 14.3 Å². The van der Waals surface area contributed by atoms with E-state index in [4.69, 9.17) is 0 Å². The number of piperidine rings is 1. The quantitative estimate of drug-likeness (QED) is 0.675. The Morgan fingerprint density at radius 1 is 1.21 bits per heavy atom. The second kappa shape index (κ2) is 8.47. The lowest BCUT2D eigenvalue weighted by atomic mass is 9.91. The molecule has 1 aliphatic heterocycles. The average molecular weight is 393 g/mol. The van der Waals surface area contributed by atoms with Crippen LogP contribution in [0.2, 0.25) is 0 Å². The number of amides is 1. The highest BCUT2D eigenvalue weighted by Gasteiger charge is 2.26. The van der Waals surface area contributed by atoms with Crippen molar-refractivity contribution in [2.45, 2.75) is 25.7 Å². The Labute approximate surface area is 169 Å². The standard InChI is InChI=1S/C23H24FN3O2/c24-19-9-3-1-7-17(19)12-11-16-6-5-13-27(15-16)23(29)21-14-20(25-26-21)18-8-2-4-10-22(18)28/h1-4,7-10,14,16,28H,5-6,11-13,15H2,(H,25,26)/t16-/m1/s1. The van der Waals surface area contributed by atoms with E-state index < -0.39 is 0 Å². The number of likely N-dealkylation sites (tertiary alicyclic amines) is 1. The first kappa shape index (κ1) is 19.2. The number of aromatic nitrogens is 2. The maximum Gasteiger partial charge on any atom is 0.271 e. The largest absolute Gasteiger partial charge is 0.507 e. The van der Waals surface area contributed by atoms with E-state index in [-0.39, 0.29) is 17.5 Å². The van der Waals surface area contributed by atoms with Crippen molar-refractivity contribution in [3.63, 3.8) is 0 Å². The molecule has 6 heteroatoms. The number of H-pyrrole nitrogens is 1. The van der Waals surface area contributed by atoms with Crippen LogP contribution in [0.3, 0.4) is 0 Å². The molecule has 1 aliphatic rings. The lowest BCUT2D eigenvalue weighted by Crippen LogP contribution is -2.40. The molecule has 1 atom stereocenters. The zero-order valence-electron chi connectivity index (χ0n) is 16.1. The molecule has 0 bridgehead atoms. The number of hydrogen-bond donors (Lipinski definition) is 2. The van der Waals surface area contributed by atoms with Gasteiger partial charge in [0.2, 0.25) is 0 Å². The molecular weight excluding hydrogens is 369 g/mol. The van der Waals surface area contributed by atoms with Crippen LogP contribution in [0, 0.1) is 11.7 Å². The number of para-hydroxylation sites is 1. The molecule has 4 rings (SSSR count). The van der Waals surface area contributed by atoms with Crippen molar-refractivity contribution in [2.24, 2.45) is 5.92 Å². The number of benzene rings is 2. The van der Waals surface area contributed by atoms with E-state index in [1.165, 1.54) is 6.07 Å². The van der Waals surface area contributed by atoms with E-state index in [0.717, 1.165) is 24.8 Å². The van der Waals surface area contributed by atoms with Crippen LogP contribution in [0.25, 0.3) is 11.3 Å². The summed E-state index contributed by atoms with van der Waals surface area (Å²) in [4.78, 5) is 14.8. The van der Waals surface area contributed by atoms with E-state index in [2.05, 4.69) is 10.2 Å². The molecule has 0 spiro atoms. The molecule has 29 heavy (non-hydrogen) atoms. The Hall–Kier alpha value is -3.15. The highest BCUT2D eigenvalue weighted by atomic mass is 19.1. The summed E-state index contributed by atoms with van der Waals surface area (Å²) < 4.78 is 13.8. The van der Waals surface area contributed by atoms with Gasteiger partial charge in [-0.15, -0.1) is 0 Å². The molecule has 2 N–H and O–H groups in total. The first-order chi connectivity index (χ1) is 14.1. The topological polar surface area (TPSA) is 69.2 Å². The summed E-state index contributed by atoms with van der Waals surface area (Å²) in [5, 5.41) is 17.0. The minimum absolute atomic E-state index is 0.0882. The van der Waals surface area contributed by atoms with E-state index in [0.29, 0.717) is 42.4 Å². The maximum absolute atomic E-state index is 13.8. The average Bonchev–Trinajstić information content (AvgIpc) is 3.23. The molecule has 0 aliphatic carbocycles. The Morgan fingerprint density at radius 2 is 2.00 bits per heavy atom. The predicted molar refractivity (Wildman–Crippen MR) is 109 cm³/mol. The molecule has 1 fully saturated rings. The number of aromatic amines is 1. The second-order valence-corrected chi connectivity index (χ2v) is 7.57. The fourth-order valence-electron chi connectivity index (χ4n) is 3.98. The summed E-state index contributed by atoms with van der Waals surface area (Å²) in [6.07, 6.45) is 3.52. The molecule has 150 valence electrons. The van der Waals surface area contributed by atoms with Crippen LogP contribution in [0.5, 0.6) is 5.75 Å². The highest BCUT2D eigenvalue weighted by molar-refractivity contribution is 5.93. The van der Waals surface area contributed by atoms with Crippen LogP contribution in [0.1, 0.15) is 35.3 Å². The molecule has 1 saturated heterocycles. The number of carbonyl (C=O) groups excluding carboxylic acids is 1. The van der Waals surface area contributed by atoms with E-state index in [1.807, 2.05) is 23.1 Å². The number of aromatic hydroxyl groups is 1. The number of halogens is 1. The molecule has 1 amide bonds. The summed E-state index contributed by atoms with van der Waals surface area (Å²) >= 11 is 0. The minimum atomic E-state index is -0.162. The monoisotopic (exact) mass is 393 g/mol. The maximum atomic E-state index is 13.8. The Morgan fingerprint density at radius 3 is 2.83 bits per heavy atom. The molecular formula is C23H24FN3O2. The fourth-order valence-corrected chi connectivity index (χ4v) is 3.98. The SMILES string of the molecule is O=C(c1cc(-c2ccccc2O)n[nH]1)N1CCC[C@H](CCc2ccccc2F)C1. The molecule has 0 unspecified atom stereocenters. The number of rotatable bonds is 5. The van der Waals surface area contributed by atoms with E-state index in [9.17, 15) is 14.3 Å². The first-order valence-electron chi connectivity index (χ1n) is 9.98. The van der Waals surface area contributed by atoms with Crippen LogP contribution < -0.4 is 0 Å². The number of phenolic OH excluding ortho intramolecular Hbond substituents is 1. The van der Waals surface area contributed by atoms with Crippen molar-refractivity contribution in [1.29, 1.82) is 0 Å². The van der Waals surface area contributed by atoms with Gasteiger partial charge in [0.1, 0.15) is 17.3 Å². The Bertz CT molecular complexity index is 1000. The first-order valence-corrected chi connectivity index (χ1v) is 9.98. The summed E-state index contributed by atoms with van der Waals surface area (Å²) in [5.41, 5.74) is 2.28. The van der Waals surface area contributed by atoms with Crippen molar-refractivity contribution in [1.82, 2.24) is 15.1 Å². The number of carbonyl (C=O) groups is 1. The summed E-state index contributed by atoms with van der Waals surface area (Å²) in [6, 6.07) is 15.5. The molecule has 2 aromatic carbocycles. The van der Waals surface area contributed by atoms with Crippen LogP contribution in [-0.2, 0) is 6.42 Å². The molecule has 2 heterocycles. The Balaban J connectivity index is 1.40. The van der Waals surface area contributed by atoms with Gasteiger partial charge in [-0.2, -0.15) is 5.10 Å². The van der Waals surface area contributed by atoms with Gasteiger partial charge in [-0.1, -0.05) is 30.3 Å². The van der Waals surface area contributed by atoms with Gasteiger partial charge in [0.15, 0.2) is 0 Å². The third kappa shape index (κ3) is 4.31. The number of hydrogen-bond acceptors (Lipinski definition) is 3. The third-order valence-electron chi connectivity index (χ3n) is 5.57. The van der Waals surface area contributed by atoms with Crippen molar-refractivity contribution in [3.8, 4) is 17.0 Å². The zero-order chi connectivity index (χ0) is 20.2. The van der Waals surface area contributed by atoms with Gasteiger partial charge < -0.3 is 10.0 Å². The predicted octanol–water partition coefficient (Wildman–Crippen LogP) is 4.41. The molecule has 0 radical (unpaired) electrons. The van der Waals surface area contributed by atoms with Gasteiger partial charge in [-0.3, -0.25) is 9.89 Å². The number of nitrogens with zero attached hydrogens (tertiary/aromatic N) is 2. The lowest BCUT2D eigenvalue weighted by Gasteiger charge is -2.32. The zero-order valence-corrected chi connectivity index (χ0v) is 16.1. The van der Waals surface area contributed by atoms with Crippen molar-refractivity contribution >= 4 is 5.91 Å². The molecule has 3 aromatic rings. The third-order valence-corrected chi connectivity index (χ3v) is 5.57. The molecule has 1 aromatic heterocycles. The summed E-state index contributed by atoms with van der Waals surface area (Å²) in [6.45, 7) is 1.37. The van der Waals surface area contributed by atoms with Crippen LogP contribution in [0.15, 0.2) is 54.6 Å². The van der Waals surface area contributed by atoms with Gasteiger partial charge in [-0.05, 0) is 61.4 Å². The van der Waals surface area contributed by atoms with Crippen LogP contribution in [0.4, 0.5) is 4.39 Å². The van der Waals surface area contributed by atoms with Crippen molar-refractivity contribution in [2.75, 3.05) is 13.1 Å². The lowest BCUT2D eigenvalue weighted by molar-refractivity contribution is 0.0662. The van der Waals surface area contributed by atoms with Gasteiger partial charge >= 0.3 is 0 Å². The van der Waals surface area contributed by atoms with Gasteiger partial charge in [0.25, 0.3) is 5.91 Å².